The lowest BCUT2D eigenvalue weighted by atomic mass is 10.0. The molecule has 1 saturated heterocycles. The van der Waals surface area contributed by atoms with Gasteiger partial charge >= 0.3 is 0 Å². The number of sulfonamides is 1. The minimum Gasteiger partial charge on any atom is -0.379 e. The Labute approximate surface area is 125 Å². The third-order valence-corrected chi connectivity index (χ3v) is 5.39. The molecule has 2 rings (SSSR count). The molecule has 0 spiro atoms. The lowest BCUT2D eigenvalue weighted by Gasteiger charge is -2.23. The Morgan fingerprint density at radius 2 is 2.24 bits per heavy atom. The minimum absolute atomic E-state index is 0.249. The fourth-order valence-corrected chi connectivity index (χ4v) is 4.24. The van der Waals surface area contributed by atoms with Crippen molar-refractivity contribution in [3.05, 3.63) is 11.4 Å². The van der Waals surface area contributed by atoms with Gasteiger partial charge < -0.3 is 10.1 Å². The van der Waals surface area contributed by atoms with Crippen molar-refractivity contribution in [2.45, 2.75) is 50.6 Å². The first kappa shape index (κ1) is 16.4. The number of rotatable bonds is 7. The average molecular weight is 316 g/mol. The number of hydrogen-bond acceptors (Lipinski definition) is 5. The van der Waals surface area contributed by atoms with E-state index in [-0.39, 0.29) is 4.90 Å². The first-order valence-corrected chi connectivity index (χ1v) is 8.72. The van der Waals surface area contributed by atoms with Crippen LogP contribution in [-0.2, 0) is 21.3 Å². The first-order valence-electron chi connectivity index (χ1n) is 7.24. The summed E-state index contributed by atoms with van der Waals surface area (Å²) in [5.74, 6) is 0. The molecule has 1 atom stereocenters. The highest BCUT2D eigenvalue weighted by Gasteiger charge is 2.36. The van der Waals surface area contributed by atoms with E-state index in [1.807, 2.05) is 6.92 Å². The van der Waals surface area contributed by atoms with Crippen LogP contribution in [0.15, 0.2) is 4.90 Å². The zero-order chi connectivity index (χ0) is 15.5. The zero-order valence-corrected chi connectivity index (χ0v) is 13.6. The van der Waals surface area contributed by atoms with Crippen LogP contribution < -0.4 is 10.0 Å². The maximum atomic E-state index is 12.7. The molecule has 21 heavy (non-hydrogen) atoms. The summed E-state index contributed by atoms with van der Waals surface area (Å²) in [6.07, 6.45) is 1.66. The Bertz CT molecular complexity index is 576. The first-order chi connectivity index (χ1) is 9.88. The predicted molar refractivity (Wildman–Crippen MR) is 79.5 cm³/mol. The minimum atomic E-state index is -3.62. The van der Waals surface area contributed by atoms with Gasteiger partial charge in [0, 0.05) is 13.2 Å². The second-order valence-corrected chi connectivity index (χ2v) is 7.39. The van der Waals surface area contributed by atoms with Gasteiger partial charge in [0.15, 0.2) is 0 Å². The molecule has 0 aliphatic carbocycles. The van der Waals surface area contributed by atoms with Crippen molar-refractivity contribution in [2.24, 2.45) is 0 Å². The van der Waals surface area contributed by atoms with E-state index < -0.39 is 15.6 Å². The summed E-state index contributed by atoms with van der Waals surface area (Å²) in [6.45, 7) is 7.87. The Balaban J connectivity index is 2.20. The molecule has 0 bridgehead atoms. The van der Waals surface area contributed by atoms with Crippen molar-refractivity contribution in [3.63, 3.8) is 0 Å². The zero-order valence-electron chi connectivity index (χ0n) is 12.8. The van der Waals surface area contributed by atoms with Gasteiger partial charge in [-0.1, -0.05) is 6.92 Å². The van der Waals surface area contributed by atoms with Gasteiger partial charge in [-0.25, -0.2) is 13.1 Å². The fourth-order valence-electron chi connectivity index (χ4n) is 2.45. The topological polar surface area (TPSA) is 96.1 Å². The number of H-pyrrole nitrogens is 1. The Morgan fingerprint density at radius 3 is 2.86 bits per heavy atom. The van der Waals surface area contributed by atoms with Crippen LogP contribution in [0, 0.1) is 6.92 Å². The van der Waals surface area contributed by atoms with Crippen molar-refractivity contribution >= 4 is 10.0 Å². The van der Waals surface area contributed by atoms with Gasteiger partial charge in [-0.05, 0) is 33.2 Å². The number of hydrogen-bond donors (Lipinski definition) is 3. The fraction of sp³-hybridized carbons (Fsp3) is 0.769. The lowest BCUT2D eigenvalue weighted by molar-refractivity contribution is 0.178. The summed E-state index contributed by atoms with van der Waals surface area (Å²) >= 11 is 0. The van der Waals surface area contributed by atoms with Crippen molar-refractivity contribution in [3.8, 4) is 0 Å². The van der Waals surface area contributed by atoms with E-state index >= 15 is 0 Å². The van der Waals surface area contributed by atoms with Crippen molar-refractivity contribution in [1.82, 2.24) is 20.2 Å². The molecule has 7 nitrogen and oxygen atoms in total. The molecular weight excluding hydrogens is 292 g/mol. The Hall–Kier alpha value is -0.960. The molecule has 3 N–H and O–H groups in total. The molecule has 2 heterocycles. The molecule has 0 saturated carbocycles. The second-order valence-electron chi connectivity index (χ2n) is 5.77. The Kier molecular flexibility index (Phi) is 5.03. The van der Waals surface area contributed by atoms with Crippen LogP contribution in [0.2, 0.25) is 0 Å². The normalized spacial score (nSPS) is 22.8. The molecule has 8 heteroatoms. The molecule has 1 unspecified atom stereocenters. The molecule has 0 radical (unpaired) electrons. The second kappa shape index (κ2) is 6.43. The van der Waals surface area contributed by atoms with Crippen molar-refractivity contribution in [2.75, 3.05) is 19.8 Å². The van der Waals surface area contributed by atoms with Gasteiger partial charge in [-0.2, -0.15) is 5.10 Å². The van der Waals surface area contributed by atoms with Crippen LogP contribution in [0.4, 0.5) is 0 Å². The summed E-state index contributed by atoms with van der Waals surface area (Å²) < 4.78 is 33.4. The van der Waals surface area contributed by atoms with Gasteiger partial charge in [0.05, 0.1) is 23.5 Å². The van der Waals surface area contributed by atoms with E-state index in [1.54, 1.807) is 6.92 Å². The van der Waals surface area contributed by atoms with Crippen LogP contribution in [-0.4, -0.2) is 43.9 Å². The van der Waals surface area contributed by atoms with E-state index in [0.29, 0.717) is 37.6 Å². The number of ether oxygens (including phenoxy) is 1. The highest BCUT2D eigenvalue weighted by Crippen LogP contribution is 2.24. The van der Waals surface area contributed by atoms with Gasteiger partial charge in [-0.15, -0.1) is 0 Å². The van der Waals surface area contributed by atoms with Gasteiger partial charge in [0.25, 0.3) is 0 Å². The highest BCUT2D eigenvalue weighted by molar-refractivity contribution is 7.89. The van der Waals surface area contributed by atoms with Crippen LogP contribution >= 0.6 is 0 Å². The smallest absolute Gasteiger partial charge is 0.244 e. The highest BCUT2D eigenvalue weighted by atomic mass is 32.2. The maximum absolute atomic E-state index is 12.7. The molecule has 120 valence electrons. The lowest BCUT2D eigenvalue weighted by Crippen LogP contribution is -2.46. The van der Waals surface area contributed by atoms with Crippen LogP contribution in [0.5, 0.6) is 0 Å². The average Bonchev–Trinajstić information content (AvgIpc) is 2.96. The van der Waals surface area contributed by atoms with Gasteiger partial charge in [0.2, 0.25) is 10.0 Å². The van der Waals surface area contributed by atoms with Crippen LogP contribution in [0.25, 0.3) is 0 Å². The molecule has 1 fully saturated rings. The van der Waals surface area contributed by atoms with E-state index in [2.05, 4.69) is 27.2 Å². The van der Waals surface area contributed by atoms with E-state index in [1.165, 1.54) is 0 Å². The number of aromatic amines is 1. The third-order valence-electron chi connectivity index (χ3n) is 3.55. The van der Waals surface area contributed by atoms with E-state index in [0.717, 1.165) is 13.0 Å². The SMILES string of the molecule is CCCNCc1n[nH]c(C)c1S(=O)(=O)NC1(C)CCOC1. The van der Waals surface area contributed by atoms with Crippen molar-refractivity contribution in [1.29, 1.82) is 0 Å². The largest absolute Gasteiger partial charge is 0.379 e. The molecule has 0 aromatic carbocycles. The van der Waals surface area contributed by atoms with Crippen molar-refractivity contribution < 1.29 is 13.2 Å². The van der Waals surface area contributed by atoms with Crippen LogP contribution in [0.1, 0.15) is 38.1 Å². The number of nitrogens with zero attached hydrogens (tertiary/aromatic N) is 1. The number of aromatic nitrogens is 2. The summed E-state index contributed by atoms with van der Waals surface area (Å²) in [4.78, 5) is 0.249. The predicted octanol–water partition coefficient (Wildman–Crippen LogP) is 0.675. The molecule has 1 aliphatic rings. The summed E-state index contributed by atoms with van der Waals surface area (Å²) in [7, 11) is -3.62. The number of aryl methyl sites for hydroxylation is 1. The van der Waals surface area contributed by atoms with Gasteiger partial charge in [0.1, 0.15) is 4.90 Å². The standard InChI is InChI=1S/C13H24N4O3S/c1-4-6-14-8-11-12(10(2)15-16-11)21(18,19)17-13(3)5-7-20-9-13/h14,17H,4-9H2,1-3H3,(H,15,16). The molecule has 1 aliphatic heterocycles. The van der Waals surface area contributed by atoms with E-state index in [4.69, 9.17) is 4.74 Å². The maximum Gasteiger partial charge on any atom is 0.244 e. The quantitative estimate of drug-likeness (QED) is 0.643. The molecule has 1 aromatic heterocycles. The summed E-state index contributed by atoms with van der Waals surface area (Å²) in [6, 6.07) is 0. The third kappa shape index (κ3) is 3.82. The number of nitrogens with one attached hydrogen (secondary N) is 3. The van der Waals surface area contributed by atoms with Crippen LogP contribution in [0.3, 0.4) is 0 Å². The molecule has 1 aromatic rings. The van der Waals surface area contributed by atoms with Gasteiger partial charge in [-0.3, -0.25) is 5.10 Å². The Morgan fingerprint density at radius 1 is 1.48 bits per heavy atom. The van der Waals surface area contributed by atoms with E-state index in [9.17, 15) is 8.42 Å². The monoisotopic (exact) mass is 316 g/mol. The summed E-state index contributed by atoms with van der Waals surface area (Å²) in [5, 5.41) is 10.1. The molecule has 0 amide bonds. The summed E-state index contributed by atoms with van der Waals surface area (Å²) in [5.41, 5.74) is 0.533. The molecular formula is C13H24N4O3S.